The fraction of sp³-hybridized carbons (Fsp3) is 0.333. The van der Waals surface area contributed by atoms with Crippen LogP contribution < -0.4 is 0 Å². The molecule has 6 nitrogen and oxygen atoms in total. The number of aryl methyl sites for hydroxylation is 1. The van der Waals surface area contributed by atoms with E-state index < -0.39 is 17.6 Å². The second kappa shape index (κ2) is 10.3. The van der Waals surface area contributed by atoms with Crippen LogP contribution >= 0.6 is 0 Å². The molecule has 0 saturated carbocycles. The van der Waals surface area contributed by atoms with Crippen LogP contribution in [0.15, 0.2) is 54.2 Å². The Balaban J connectivity index is 2.05. The molecule has 31 heavy (non-hydrogen) atoms. The van der Waals surface area contributed by atoms with Crippen molar-refractivity contribution in [2.75, 3.05) is 40.5 Å². The molecule has 0 radical (unpaired) electrons. The zero-order chi connectivity index (χ0) is 22.4. The molecular weight excluding hydrogens is 399 g/mol. The minimum absolute atomic E-state index is 0.133. The molecule has 0 unspecified atom stereocenters. The second-order valence-electron chi connectivity index (χ2n) is 7.35. The van der Waals surface area contributed by atoms with Gasteiger partial charge < -0.3 is 14.4 Å². The molecule has 2 aromatic rings. The largest absolute Gasteiger partial charge is 0.383 e. The number of ether oxygens (including phenoxy) is 2. The van der Waals surface area contributed by atoms with E-state index >= 15 is 0 Å². The summed E-state index contributed by atoms with van der Waals surface area (Å²) in [6, 6.07) is 13.6. The Bertz CT molecular complexity index is 964. The summed E-state index contributed by atoms with van der Waals surface area (Å²) in [7, 11) is 3.16. The third-order valence-electron chi connectivity index (χ3n) is 5.22. The number of hydrogen-bond acceptors (Lipinski definition) is 5. The molecule has 0 aromatic heterocycles. The number of benzene rings is 2. The van der Waals surface area contributed by atoms with Gasteiger partial charge in [-0.1, -0.05) is 48.0 Å². The summed E-state index contributed by atoms with van der Waals surface area (Å²) in [6.45, 7) is 3.40. The smallest absolute Gasteiger partial charge is 0.278 e. The van der Waals surface area contributed by atoms with Crippen molar-refractivity contribution in [3.05, 3.63) is 76.7 Å². The second-order valence-corrected chi connectivity index (χ2v) is 7.35. The van der Waals surface area contributed by atoms with E-state index in [0.29, 0.717) is 43.1 Å². The summed E-state index contributed by atoms with van der Waals surface area (Å²) < 4.78 is 24.7. The molecule has 0 bridgehead atoms. The minimum atomic E-state index is -0.455. The molecular formula is C24H27FN2O4. The Morgan fingerprint density at radius 1 is 0.903 bits per heavy atom. The summed E-state index contributed by atoms with van der Waals surface area (Å²) in [6.07, 6.45) is 0. The summed E-state index contributed by atoms with van der Waals surface area (Å²) >= 11 is 0. The Morgan fingerprint density at radius 2 is 1.52 bits per heavy atom. The van der Waals surface area contributed by atoms with Crippen molar-refractivity contribution in [2.24, 2.45) is 0 Å². The summed E-state index contributed by atoms with van der Waals surface area (Å²) in [5, 5.41) is 0. The molecule has 2 aromatic carbocycles. The maximum absolute atomic E-state index is 14.2. The van der Waals surface area contributed by atoms with Crippen LogP contribution in [0.25, 0.3) is 5.57 Å². The maximum atomic E-state index is 14.2. The van der Waals surface area contributed by atoms with Gasteiger partial charge in [0, 0.05) is 32.9 Å². The predicted octanol–water partition coefficient (Wildman–Crippen LogP) is 3.01. The molecule has 0 spiro atoms. The number of rotatable bonds is 10. The Morgan fingerprint density at radius 3 is 2.10 bits per heavy atom. The SMILES string of the molecule is COCCN(CCOC)C1=C(c2ccc(C)cc2)C(=O)N(Cc2ccccc2F)C1=O. The van der Waals surface area contributed by atoms with Crippen molar-refractivity contribution in [3.8, 4) is 0 Å². The average molecular weight is 426 g/mol. The first-order valence-corrected chi connectivity index (χ1v) is 10.1. The van der Waals surface area contributed by atoms with Crippen LogP contribution in [0.2, 0.25) is 0 Å². The first-order valence-electron chi connectivity index (χ1n) is 10.1. The highest BCUT2D eigenvalue weighted by Crippen LogP contribution is 2.33. The highest BCUT2D eigenvalue weighted by Gasteiger charge is 2.41. The molecule has 1 heterocycles. The Hall–Kier alpha value is -3.03. The lowest BCUT2D eigenvalue weighted by atomic mass is 10.0. The zero-order valence-electron chi connectivity index (χ0n) is 18.1. The Kier molecular flexibility index (Phi) is 7.55. The van der Waals surface area contributed by atoms with Gasteiger partial charge in [0.2, 0.25) is 0 Å². The highest BCUT2D eigenvalue weighted by molar-refractivity contribution is 6.35. The standard InChI is InChI=1S/C24H27FN2O4/c1-17-8-10-18(11-9-17)21-22(26(12-14-30-2)13-15-31-3)24(29)27(23(21)28)16-19-6-4-5-7-20(19)25/h4-11H,12-16H2,1-3H3. The minimum Gasteiger partial charge on any atom is -0.383 e. The molecule has 0 aliphatic carbocycles. The quantitative estimate of drug-likeness (QED) is 0.547. The van der Waals surface area contributed by atoms with Gasteiger partial charge in [0.05, 0.1) is 25.3 Å². The number of hydrogen-bond donors (Lipinski definition) is 0. The van der Waals surface area contributed by atoms with Crippen molar-refractivity contribution in [2.45, 2.75) is 13.5 Å². The first-order chi connectivity index (χ1) is 15.0. The molecule has 2 amide bonds. The van der Waals surface area contributed by atoms with Gasteiger partial charge >= 0.3 is 0 Å². The third-order valence-corrected chi connectivity index (χ3v) is 5.22. The van der Waals surface area contributed by atoms with Crippen LogP contribution in [-0.4, -0.2) is 62.1 Å². The van der Waals surface area contributed by atoms with E-state index in [1.807, 2.05) is 36.1 Å². The molecule has 1 aliphatic rings. The first kappa shape index (κ1) is 22.7. The molecule has 3 rings (SSSR count). The number of carbonyl (C=O) groups is 2. The molecule has 0 fully saturated rings. The monoisotopic (exact) mass is 426 g/mol. The van der Waals surface area contributed by atoms with Crippen LogP contribution in [0, 0.1) is 12.7 Å². The number of halogens is 1. The van der Waals surface area contributed by atoms with Gasteiger partial charge in [-0.15, -0.1) is 0 Å². The van der Waals surface area contributed by atoms with Gasteiger partial charge in [-0.25, -0.2) is 4.39 Å². The summed E-state index contributed by atoms with van der Waals surface area (Å²) in [5.74, 6) is -1.34. The number of nitrogens with zero attached hydrogens (tertiary/aromatic N) is 2. The van der Waals surface area contributed by atoms with E-state index in [4.69, 9.17) is 9.47 Å². The van der Waals surface area contributed by atoms with E-state index in [-0.39, 0.29) is 12.1 Å². The van der Waals surface area contributed by atoms with E-state index in [2.05, 4.69) is 0 Å². The lowest BCUT2D eigenvalue weighted by molar-refractivity contribution is -0.138. The van der Waals surface area contributed by atoms with Crippen LogP contribution in [0.1, 0.15) is 16.7 Å². The van der Waals surface area contributed by atoms with E-state index in [9.17, 15) is 14.0 Å². The number of methoxy groups -OCH3 is 2. The van der Waals surface area contributed by atoms with E-state index in [1.54, 1.807) is 32.4 Å². The van der Waals surface area contributed by atoms with Crippen molar-refractivity contribution < 1.29 is 23.5 Å². The lowest BCUT2D eigenvalue weighted by Crippen LogP contribution is -2.37. The van der Waals surface area contributed by atoms with Crippen molar-refractivity contribution in [3.63, 3.8) is 0 Å². The van der Waals surface area contributed by atoms with Crippen LogP contribution in [-0.2, 0) is 25.6 Å². The average Bonchev–Trinajstić information content (AvgIpc) is 3.01. The number of amides is 2. The maximum Gasteiger partial charge on any atom is 0.278 e. The van der Waals surface area contributed by atoms with Gasteiger partial charge in [0.1, 0.15) is 11.5 Å². The number of carbonyl (C=O) groups excluding carboxylic acids is 2. The molecule has 0 N–H and O–H groups in total. The van der Waals surface area contributed by atoms with Crippen LogP contribution in [0.3, 0.4) is 0 Å². The molecule has 164 valence electrons. The summed E-state index contributed by atoms with van der Waals surface area (Å²) in [4.78, 5) is 29.8. The van der Waals surface area contributed by atoms with Gasteiger partial charge in [-0.05, 0) is 18.6 Å². The van der Waals surface area contributed by atoms with E-state index in [1.165, 1.54) is 6.07 Å². The fourth-order valence-electron chi connectivity index (χ4n) is 3.52. The third kappa shape index (κ3) is 5.00. The van der Waals surface area contributed by atoms with Crippen LogP contribution in [0.5, 0.6) is 0 Å². The summed E-state index contributed by atoms with van der Waals surface area (Å²) in [5.41, 5.74) is 2.58. The van der Waals surface area contributed by atoms with E-state index in [0.717, 1.165) is 10.5 Å². The van der Waals surface area contributed by atoms with Gasteiger partial charge in [-0.2, -0.15) is 0 Å². The van der Waals surface area contributed by atoms with Gasteiger partial charge in [-0.3, -0.25) is 14.5 Å². The van der Waals surface area contributed by atoms with Gasteiger partial charge in [0.15, 0.2) is 0 Å². The highest BCUT2D eigenvalue weighted by atomic mass is 19.1. The van der Waals surface area contributed by atoms with Crippen LogP contribution in [0.4, 0.5) is 4.39 Å². The van der Waals surface area contributed by atoms with Gasteiger partial charge in [0.25, 0.3) is 11.8 Å². The molecule has 1 aliphatic heterocycles. The van der Waals surface area contributed by atoms with Crippen molar-refractivity contribution in [1.29, 1.82) is 0 Å². The molecule has 0 atom stereocenters. The lowest BCUT2D eigenvalue weighted by Gasteiger charge is -2.25. The zero-order valence-corrected chi connectivity index (χ0v) is 18.1. The van der Waals surface area contributed by atoms with Crippen molar-refractivity contribution in [1.82, 2.24) is 9.80 Å². The molecule has 7 heteroatoms. The number of imide groups is 1. The van der Waals surface area contributed by atoms with Crippen molar-refractivity contribution >= 4 is 17.4 Å². The topological polar surface area (TPSA) is 59.1 Å². The normalized spacial score (nSPS) is 14.0. The predicted molar refractivity (Wildman–Crippen MR) is 115 cm³/mol. The Labute approximate surface area is 181 Å². The fourth-order valence-corrected chi connectivity index (χ4v) is 3.52. The molecule has 0 saturated heterocycles.